The van der Waals surface area contributed by atoms with Gasteiger partial charge in [0.15, 0.2) is 0 Å². The van der Waals surface area contributed by atoms with Gasteiger partial charge >= 0.3 is 59.1 Å². The van der Waals surface area contributed by atoms with Gasteiger partial charge < -0.3 is 19.6 Å². The number of hydrogen-bond acceptors (Lipinski definition) is 11. The molecule has 0 N–H and O–H groups in total. The van der Waals surface area contributed by atoms with E-state index in [0.717, 1.165) is 60.5 Å². The summed E-state index contributed by atoms with van der Waals surface area (Å²) in [5, 5.41) is 13.5. The molecule has 10 nitrogen and oxygen atoms in total. The minimum absolute atomic E-state index is 0. The van der Waals surface area contributed by atoms with Crippen molar-refractivity contribution in [3.05, 3.63) is 90.5 Å². The predicted octanol–water partition coefficient (Wildman–Crippen LogP) is -4.42. The third-order valence-corrected chi connectivity index (χ3v) is 8.33. The molecule has 0 bridgehead atoms. The maximum absolute atomic E-state index is 12.8. The van der Waals surface area contributed by atoms with Gasteiger partial charge in [-0.25, -0.2) is 8.42 Å². The van der Waals surface area contributed by atoms with E-state index >= 15 is 0 Å². The van der Waals surface area contributed by atoms with E-state index in [1.54, 1.807) is 12.2 Å². The molecule has 44 heavy (non-hydrogen) atoms. The first kappa shape index (κ1) is 41.0. The van der Waals surface area contributed by atoms with E-state index in [0.29, 0.717) is 31.7 Å². The van der Waals surface area contributed by atoms with Crippen LogP contribution in [0.1, 0.15) is 50.7 Å². The Kier molecular flexibility index (Phi) is 19.6. The van der Waals surface area contributed by atoms with E-state index in [4.69, 9.17) is 0 Å². The Morgan fingerprint density at radius 2 is 1.18 bits per heavy atom. The molecule has 0 aliphatic carbocycles. The third-order valence-electron chi connectivity index (χ3n) is 6.93. The van der Waals surface area contributed by atoms with Gasteiger partial charge in [-0.1, -0.05) is 24.3 Å². The molecule has 0 aromatic heterocycles. The maximum Gasteiger partial charge on any atom is 1.00 e. The number of unbranched alkanes of at least 4 members (excludes halogenated alkanes) is 2. The zero-order chi connectivity index (χ0) is 30.5. The van der Waals surface area contributed by atoms with Gasteiger partial charge in [0.25, 0.3) is 0 Å². The second-order valence-electron chi connectivity index (χ2n) is 9.75. The fraction of sp³-hybridized carbons (Fsp3) is 0.400. The van der Waals surface area contributed by atoms with E-state index in [9.17, 15) is 27.8 Å². The van der Waals surface area contributed by atoms with Crippen molar-refractivity contribution in [1.82, 2.24) is 0 Å². The van der Waals surface area contributed by atoms with Gasteiger partial charge in [0.2, 0.25) is 10.9 Å². The van der Waals surface area contributed by atoms with Gasteiger partial charge in [-0.05, 0) is 87.1 Å². The summed E-state index contributed by atoms with van der Waals surface area (Å²) in [6, 6.07) is 15.2. The van der Waals surface area contributed by atoms with E-state index in [1.807, 2.05) is 55.5 Å². The van der Waals surface area contributed by atoms with Crippen LogP contribution in [0.2, 0.25) is 0 Å². The van der Waals surface area contributed by atoms with E-state index in [2.05, 4.69) is 26.1 Å². The van der Waals surface area contributed by atoms with Gasteiger partial charge in [0.1, 0.15) is 0 Å². The van der Waals surface area contributed by atoms with Crippen molar-refractivity contribution < 1.29 is 86.7 Å². The topological polar surface area (TPSA) is 139 Å². The average Bonchev–Trinajstić information content (AvgIpc) is 2.98. The van der Waals surface area contributed by atoms with Crippen LogP contribution in [0.25, 0.3) is 12.2 Å². The number of anilines is 2. The molecule has 3 rings (SSSR count). The van der Waals surface area contributed by atoms with Crippen molar-refractivity contribution in [2.75, 3.05) is 47.5 Å². The second kappa shape index (κ2) is 21.0. The molecule has 0 aliphatic rings. The minimum Gasteiger partial charge on any atom is -0.748 e. The summed E-state index contributed by atoms with van der Waals surface area (Å²) in [6.45, 7) is 7.05. The number of nitrogens with zero attached hydrogens (tertiary/aromatic N) is 2. The van der Waals surface area contributed by atoms with Crippen LogP contribution in [0, 0.1) is 0 Å². The fourth-order valence-electron chi connectivity index (χ4n) is 4.63. The molecule has 0 saturated carbocycles. The van der Waals surface area contributed by atoms with Crippen LogP contribution in [0.4, 0.5) is 11.4 Å². The van der Waals surface area contributed by atoms with E-state index in [-0.39, 0.29) is 86.2 Å². The van der Waals surface area contributed by atoms with Gasteiger partial charge in [-0.3, -0.25) is 14.6 Å². The zero-order valence-corrected chi connectivity index (χ0v) is 31.5. The second-order valence-corrected chi connectivity index (χ2v) is 12.1. The van der Waals surface area contributed by atoms with E-state index in [1.165, 1.54) is 0 Å². The quantitative estimate of drug-likeness (QED) is 0.0326. The molecule has 0 spiro atoms. The van der Waals surface area contributed by atoms with Crippen molar-refractivity contribution in [2.45, 2.75) is 39.5 Å². The molecular formula is C30H36N2Na2O8S2. The largest absolute Gasteiger partial charge is 1.00 e. The summed E-state index contributed by atoms with van der Waals surface area (Å²) in [4.78, 5) is 29.9. The fourth-order valence-corrected chi connectivity index (χ4v) is 5.62. The first-order chi connectivity index (χ1) is 20.2. The van der Waals surface area contributed by atoms with Gasteiger partial charge in [0.05, 0.1) is 20.6 Å². The van der Waals surface area contributed by atoms with Gasteiger partial charge in [-0.2, -0.15) is 4.33 Å². The van der Waals surface area contributed by atoms with Crippen molar-refractivity contribution in [2.24, 2.45) is 0 Å². The SMILES string of the molecule is CCN(CCCCSOO[O-])c1ccc(C=c2c(=O)c(=Cc3ccc(N(CC)CCCCS(=O)(=O)[O-])cc3)c2=O)cc1.[Na+].[Na+]. The van der Waals surface area contributed by atoms with Crippen LogP contribution in [0.15, 0.2) is 58.1 Å². The first-order valence-corrected chi connectivity index (χ1v) is 16.4. The molecule has 0 fully saturated rings. The van der Waals surface area contributed by atoms with Crippen LogP contribution in [-0.4, -0.2) is 50.7 Å². The summed E-state index contributed by atoms with van der Waals surface area (Å²) in [5.74, 6) is 0.300. The molecule has 0 unspecified atom stereocenters. The zero-order valence-electron chi connectivity index (χ0n) is 25.8. The monoisotopic (exact) mass is 662 g/mol. The normalized spacial score (nSPS) is 11.0. The summed E-state index contributed by atoms with van der Waals surface area (Å²) >= 11 is 0.988. The van der Waals surface area contributed by atoms with Crippen molar-refractivity contribution in [3.8, 4) is 0 Å². The Hall–Kier alpha value is -1.000. The molecule has 228 valence electrons. The van der Waals surface area contributed by atoms with Crippen LogP contribution in [0.5, 0.6) is 0 Å². The Morgan fingerprint density at radius 1 is 0.750 bits per heavy atom. The number of hydrogen-bond donors (Lipinski definition) is 0. The van der Waals surface area contributed by atoms with Crippen molar-refractivity contribution in [3.63, 3.8) is 0 Å². The van der Waals surface area contributed by atoms with Crippen LogP contribution >= 0.6 is 12.0 Å². The third kappa shape index (κ3) is 13.0. The van der Waals surface area contributed by atoms with Crippen LogP contribution < -0.4 is 95.5 Å². The van der Waals surface area contributed by atoms with Crippen LogP contribution in [0.3, 0.4) is 0 Å². The molecule has 0 radical (unpaired) electrons. The van der Waals surface area contributed by atoms with Crippen LogP contribution in [-0.2, 0) is 19.5 Å². The maximum atomic E-state index is 12.8. The smallest absolute Gasteiger partial charge is 0.748 e. The molecule has 3 aromatic carbocycles. The molecule has 0 aliphatic heterocycles. The van der Waals surface area contributed by atoms with E-state index < -0.39 is 10.1 Å². The molecule has 0 amide bonds. The van der Waals surface area contributed by atoms with Gasteiger partial charge in [-0.15, -0.1) is 0 Å². The molecule has 14 heteroatoms. The minimum atomic E-state index is -4.20. The average molecular weight is 663 g/mol. The molecule has 3 aromatic rings. The summed E-state index contributed by atoms with van der Waals surface area (Å²) < 4.78 is 36.6. The Morgan fingerprint density at radius 3 is 1.57 bits per heavy atom. The standard InChI is InChI=1S/C30H38N2O8S2.2Na/c1-3-31(17-5-7-19-41-40-39-35)25-13-9-23(10-14-25)21-27-29(33)28(30(27)34)22-24-11-15-26(16-12-24)32(4-2)18-6-8-20-42(36,37)38;;/h9-16,21-22,35H,3-8,17-20H2,1-2H3,(H,36,37,38);;/q;2*+1/p-2. The molecular weight excluding hydrogens is 626 g/mol. The molecule has 0 heterocycles. The van der Waals surface area contributed by atoms with Gasteiger partial charge in [0, 0.05) is 61.1 Å². The summed E-state index contributed by atoms with van der Waals surface area (Å²) in [6.07, 6.45) is 5.91. The Balaban J connectivity index is 0.00000484. The summed E-state index contributed by atoms with van der Waals surface area (Å²) in [5.41, 5.74) is 2.91. The predicted molar refractivity (Wildman–Crippen MR) is 164 cm³/mol. The van der Waals surface area contributed by atoms with Crippen molar-refractivity contribution in [1.29, 1.82) is 0 Å². The number of rotatable bonds is 18. The Bertz CT molecular complexity index is 1550. The van der Waals surface area contributed by atoms with Crippen molar-refractivity contribution >= 4 is 45.7 Å². The first-order valence-electron chi connectivity index (χ1n) is 13.9. The summed E-state index contributed by atoms with van der Waals surface area (Å²) in [7, 11) is -4.20. The molecule has 0 saturated heterocycles. The molecule has 0 atom stereocenters. The Labute approximate surface area is 307 Å². The number of benzene rings is 2.